The van der Waals surface area contributed by atoms with Gasteiger partial charge in [-0.15, -0.1) is 0 Å². The Morgan fingerprint density at radius 2 is 2.00 bits per heavy atom. The normalized spacial score (nSPS) is 14.4. The molecule has 0 spiro atoms. The van der Waals surface area contributed by atoms with Gasteiger partial charge >= 0.3 is 0 Å². The van der Waals surface area contributed by atoms with Crippen LogP contribution >= 0.6 is 0 Å². The minimum Gasteiger partial charge on any atom is -0.743 e. The predicted octanol–water partition coefficient (Wildman–Crippen LogP) is 3.29. The number of sulfonamides is 1. The van der Waals surface area contributed by atoms with E-state index in [0.717, 1.165) is 0 Å². The fraction of sp³-hybridized carbons (Fsp3) is 0.312. The second kappa shape index (κ2) is 7.94. The van der Waals surface area contributed by atoms with Gasteiger partial charge in [0.15, 0.2) is 0 Å². The van der Waals surface area contributed by atoms with Crippen molar-refractivity contribution in [2.45, 2.75) is 32.1 Å². The number of benzene rings is 1. The van der Waals surface area contributed by atoms with Crippen LogP contribution in [0.3, 0.4) is 0 Å². The molecule has 23 heavy (non-hydrogen) atoms. The summed E-state index contributed by atoms with van der Waals surface area (Å²) in [5, 5.41) is 12.5. The second-order valence-electron chi connectivity index (χ2n) is 5.12. The summed E-state index contributed by atoms with van der Waals surface area (Å²) in [7, 11) is -4.23. The van der Waals surface area contributed by atoms with Gasteiger partial charge in [-0.1, -0.05) is 26.5 Å². The van der Waals surface area contributed by atoms with Crippen LogP contribution in [0.2, 0.25) is 0 Å². The van der Waals surface area contributed by atoms with Gasteiger partial charge in [0, 0.05) is 17.3 Å². The van der Waals surface area contributed by atoms with Gasteiger partial charge < -0.3 is 15.4 Å². The van der Waals surface area contributed by atoms with E-state index in [1.165, 1.54) is 30.3 Å². The van der Waals surface area contributed by atoms with Crippen molar-refractivity contribution in [3.8, 4) is 0 Å². The lowest BCUT2D eigenvalue weighted by Gasteiger charge is -2.33. The topological polar surface area (TPSA) is 98.8 Å². The molecule has 1 atom stereocenters. The van der Waals surface area contributed by atoms with E-state index in [-0.39, 0.29) is 21.1 Å². The molecule has 0 aromatic heterocycles. The van der Waals surface area contributed by atoms with Crippen molar-refractivity contribution in [1.82, 2.24) is 4.47 Å². The highest BCUT2D eigenvalue weighted by Gasteiger charge is 2.23. The van der Waals surface area contributed by atoms with Gasteiger partial charge in [-0.05, 0) is 43.7 Å². The molecule has 126 valence electrons. The third-order valence-corrected chi connectivity index (χ3v) is 4.78. The molecule has 0 aliphatic carbocycles. The van der Waals surface area contributed by atoms with Crippen LogP contribution in [-0.2, 0) is 10.0 Å². The summed E-state index contributed by atoms with van der Waals surface area (Å²) in [6.07, 6.45) is 3.71. The van der Waals surface area contributed by atoms with Gasteiger partial charge in [0.05, 0.1) is 4.90 Å². The standard InChI is InChI=1S/C16H22N3O3S/c1-5-7-13(4)18-16(12(3)6-2)19(20)23(21,22)15-10-8-14(17)9-11-15/h5,7-12H,1,6,17H2,2-4H3/q-1/b13-7-,18-16?. The van der Waals surface area contributed by atoms with Crippen LogP contribution in [0.4, 0.5) is 5.69 Å². The van der Waals surface area contributed by atoms with E-state index in [1.54, 1.807) is 19.9 Å². The average molecular weight is 336 g/mol. The lowest BCUT2D eigenvalue weighted by molar-refractivity contribution is 0.551. The molecule has 0 saturated carbocycles. The minimum atomic E-state index is -4.23. The van der Waals surface area contributed by atoms with Gasteiger partial charge in [-0.3, -0.25) is 0 Å². The van der Waals surface area contributed by atoms with E-state index in [1.807, 2.05) is 6.92 Å². The van der Waals surface area contributed by atoms with Crippen LogP contribution in [0.15, 0.2) is 58.6 Å². The smallest absolute Gasteiger partial charge is 0.255 e. The molecule has 0 aliphatic rings. The molecule has 0 radical (unpaired) electrons. The number of nitrogens with two attached hydrogens (primary N) is 1. The predicted molar refractivity (Wildman–Crippen MR) is 94.1 cm³/mol. The summed E-state index contributed by atoms with van der Waals surface area (Å²) in [5.74, 6) is -0.371. The first-order valence-corrected chi connectivity index (χ1v) is 8.64. The SMILES string of the molecule is C=C/C=C(/C)N=C(C(C)CC)N([O-])S(=O)(=O)c1ccc(N)cc1. The van der Waals surface area contributed by atoms with Crippen LogP contribution in [-0.4, -0.2) is 18.7 Å². The van der Waals surface area contributed by atoms with Crippen molar-refractivity contribution < 1.29 is 8.42 Å². The largest absolute Gasteiger partial charge is 0.743 e. The zero-order chi connectivity index (χ0) is 17.6. The maximum atomic E-state index is 12.5. The number of hydrogen-bond acceptors (Lipinski definition) is 5. The van der Waals surface area contributed by atoms with Crippen LogP contribution in [0.25, 0.3) is 0 Å². The monoisotopic (exact) mass is 336 g/mol. The summed E-state index contributed by atoms with van der Waals surface area (Å²) in [4.78, 5) is 4.04. The fourth-order valence-electron chi connectivity index (χ4n) is 1.76. The molecule has 6 nitrogen and oxygen atoms in total. The van der Waals surface area contributed by atoms with Crippen LogP contribution < -0.4 is 5.73 Å². The number of nitrogen functional groups attached to an aromatic ring is 1. The first-order valence-electron chi connectivity index (χ1n) is 7.20. The zero-order valence-electron chi connectivity index (χ0n) is 13.6. The Kier molecular flexibility index (Phi) is 6.53. The minimum absolute atomic E-state index is 0.00683. The summed E-state index contributed by atoms with van der Waals surface area (Å²) in [6.45, 7) is 8.84. The van der Waals surface area contributed by atoms with Gasteiger partial charge in [0.2, 0.25) is 0 Å². The highest BCUT2D eigenvalue weighted by atomic mass is 32.2. The van der Waals surface area contributed by atoms with Crippen LogP contribution in [0.1, 0.15) is 27.2 Å². The number of amidine groups is 1. The van der Waals surface area contributed by atoms with E-state index < -0.39 is 10.0 Å². The molecule has 0 amide bonds. The van der Waals surface area contributed by atoms with Crippen molar-refractivity contribution >= 4 is 21.5 Å². The molecule has 0 aliphatic heterocycles. The average Bonchev–Trinajstić information content (AvgIpc) is 2.52. The Morgan fingerprint density at radius 1 is 1.43 bits per heavy atom. The molecule has 0 heterocycles. The molecular weight excluding hydrogens is 314 g/mol. The number of hydrogen-bond donors (Lipinski definition) is 1. The Morgan fingerprint density at radius 3 is 2.48 bits per heavy atom. The summed E-state index contributed by atoms with van der Waals surface area (Å²) < 4.78 is 25.0. The number of allylic oxidation sites excluding steroid dienone is 3. The van der Waals surface area contributed by atoms with Crippen molar-refractivity contribution in [1.29, 1.82) is 0 Å². The van der Waals surface area contributed by atoms with Crippen LogP contribution in [0, 0.1) is 11.1 Å². The van der Waals surface area contributed by atoms with E-state index in [4.69, 9.17) is 5.73 Å². The molecule has 2 N–H and O–H groups in total. The van der Waals surface area contributed by atoms with Crippen molar-refractivity contribution in [3.63, 3.8) is 0 Å². The van der Waals surface area contributed by atoms with E-state index >= 15 is 0 Å². The molecule has 0 fully saturated rings. The quantitative estimate of drug-likeness (QED) is 0.283. The molecule has 7 heteroatoms. The van der Waals surface area contributed by atoms with Gasteiger partial charge in [-0.25, -0.2) is 13.4 Å². The third-order valence-electron chi connectivity index (χ3n) is 3.29. The summed E-state index contributed by atoms with van der Waals surface area (Å²) >= 11 is 0. The summed E-state index contributed by atoms with van der Waals surface area (Å²) in [6, 6.07) is 5.47. The van der Waals surface area contributed by atoms with E-state index in [0.29, 0.717) is 17.8 Å². The van der Waals surface area contributed by atoms with Gasteiger partial charge in [0.25, 0.3) is 10.0 Å². The second-order valence-corrected chi connectivity index (χ2v) is 6.88. The zero-order valence-corrected chi connectivity index (χ0v) is 14.4. The fourth-order valence-corrected chi connectivity index (χ4v) is 2.90. The first kappa shape index (κ1) is 18.9. The lowest BCUT2D eigenvalue weighted by Crippen LogP contribution is -2.35. The van der Waals surface area contributed by atoms with Crippen molar-refractivity contribution in [2.24, 2.45) is 10.9 Å². The highest BCUT2D eigenvalue weighted by molar-refractivity contribution is 7.89. The number of aliphatic imine (C=N–C) groups is 1. The van der Waals surface area contributed by atoms with Gasteiger partial charge in [0.1, 0.15) is 5.84 Å². The molecule has 1 unspecified atom stereocenters. The summed E-state index contributed by atoms with van der Waals surface area (Å²) in [5.41, 5.74) is 6.47. The Labute approximate surface area is 137 Å². The Hall–Kier alpha value is -2.12. The molecular formula is C16H22N3O3S-. The van der Waals surface area contributed by atoms with Crippen molar-refractivity contribution in [3.05, 3.63) is 53.9 Å². The molecule has 0 bridgehead atoms. The highest BCUT2D eigenvalue weighted by Crippen LogP contribution is 2.21. The number of rotatable bonds is 6. The van der Waals surface area contributed by atoms with E-state index in [2.05, 4.69) is 11.6 Å². The Bertz CT molecular complexity index is 707. The number of nitrogens with zero attached hydrogens (tertiary/aromatic N) is 2. The molecule has 0 saturated heterocycles. The maximum Gasteiger partial charge on any atom is 0.255 e. The lowest BCUT2D eigenvalue weighted by atomic mass is 10.1. The molecule has 1 rings (SSSR count). The first-order chi connectivity index (χ1) is 10.7. The van der Waals surface area contributed by atoms with Gasteiger partial charge in [-0.2, -0.15) is 0 Å². The molecule has 1 aromatic carbocycles. The Balaban J connectivity index is 3.33. The van der Waals surface area contributed by atoms with Crippen LogP contribution in [0.5, 0.6) is 0 Å². The maximum absolute atomic E-state index is 12.5. The number of anilines is 1. The van der Waals surface area contributed by atoms with Crippen molar-refractivity contribution in [2.75, 3.05) is 5.73 Å². The van der Waals surface area contributed by atoms with E-state index in [9.17, 15) is 13.6 Å². The third kappa shape index (κ3) is 4.67. The molecule has 1 aromatic rings. The number of hydroxylamine groups is 1.